The van der Waals surface area contributed by atoms with E-state index in [1.807, 2.05) is 34.9 Å². The lowest BCUT2D eigenvalue weighted by molar-refractivity contribution is 0.0940. The van der Waals surface area contributed by atoms with Crippen LogP contribution in [0, 0.1) is 0 Å². The number of carbonyl (C=O) groups excluding carboxylic acids is 1. The molecule has 6 heteroatoms. The van der Waals surface area contributed by atoms with Gasteiger partial charge >= 0.3 is 0 Å². The monoisotopic (exact) mass is 373 g/mol. The summed E-state index contributed by atoms with van der Waals surface area (Å²) in [5.41, 5.74) is 3.31. The van der Waals surface area contributed by atoms with Crippen LogP contribution in [-0.4, -0.2) is 41.6 Å². The van der Waals surface area contributed by atoms with E-state index < -0.39 is 0 Å². The van der Waals surface area contributed by atoms with E-state index in [1.54, 1.807) is 12.3 Å². The molecule has 0 bridgehead atoms. The van der Waals surface area contributed by atoms with Crippen molar-refractivity contribution in [1.29, 1.82) is 0 Å². The van der Waals surface area contributed by atoms with Gasteiger partial charge in [-0.25, -0.2) is 0 Å². The van der Waals surface area contributed by atoms with Gasteiger partial charge in [-0.1, -0.05) is 37.6 Å². The average molecular weight is 374 g/mol. The number of aromatic nitrogens is 1. The van der Waals surface area contributed by atoms with E-state index in [-0.39, 0.29) is 5.91 Å². The molecule has 1 amide bonds. The summed E-state index contributed by atoms with van der Waals surface area (Å²) >= 11 is 5.97. The van der Waals surface area contributed by atoms with Crippen molar-refractivity contribution in [3.63, 3.8) is 0 Å². The van der Waals surface area contributed by atoms with E-state index in [4.69, 9.17) is 16.0 Å². The van der Waals surface area contributed by atoms with E-state index in [0.717, 1.165) is 30.7 Å². The predicted octanol–water partition coefficient (Wildman–Crippen LogP) is 4.01. The molecule has 0 aliphatic rings. The van der Waals surface area contributed by atoms with Gasteiger partial charge in [-0.15, -0.1) is 0 Å². The minimum Gasteiger partial charge on any atom is -0.463 e. The van der Waals surface area contributed by atoms with Crippen molar-refractivity contribution in [2.75, 3.05) is 26.2 Å². The summed E-state index contributed by atoms with van der Waals surface area (Å²) in [6.07, 6.45) is 1.64. The standard InChI is InChI=1S/C20H24ClN3O2/c1-3-23(4-2)11-10-22-20(25)18-13-19-17(9-12-26-19)24(18)14-15-5-7-16(21)8-6-15/h5-9,12-13H,3-4,10-11,14H2,1-2H3,(H,22,25). The van der Waals surface area contributed by atoms with Gasteiger partial charge in [-0.05, 0) is 30.8 Å². The fourth-order valence-electron chi connectivity index (χ4n) is 3.07. The van der Waals surface area contributed by atoms with E-state index in [9.17, 15) is 4.79 Å². The Morgan fingerprint density at radius 3 is 2.62 bits per heavy atom. The highest BCUT2D eigenvalue weighted by Gasteiger charge is 2.17. The number of hydrogen-bond donors (Lipinski definition) is 1. The van der Waals surface area contributed by atoms with Crippen molar-refractivity contribution in [2.45, 2.75) is 20.4 Å². The van der Waals surface area contributed by atoms with Gasteiger partial charge in [0.15, 0.2) is 5.58 Å². The lowest BCUT2D eigenvalue weighted by Gasteiger charge is -2.18. The fraction of sp³-hybridized carbons (Fsp3) is 0.350. The first-order valence-corrected chi connectivity index (χ1v) is 9.32. The van der Waals surface area contributed by atoms with E-state index >= 15 is 0 Å². The first kappa shape index (κ1) is 18.5. The third-order valence-corrected chi connectivity index (χ3v) is 4.87. The molecule has 0 spiro atoms. The zero-order valence-corrected chi connectivity index (χ0v) is 15.9. The molecule has 2 aromatic heterocycles. The normalized spacial score (nSPS) is 11.4. The van der Waals surface area contributed by atoms with Crippen LogP contribution in [0.2, 0.25) is 5.02 Å². The maximum atomic E-state index is 12.7. The van der Waals surface area contributed by atoms with Crippen molar-refractivity contribution in [3.05, 3.63) is 58.9 Å². The lowest BCUT2D eigenvalue weighted by Crippen LogP contribution is -2.35. The van der Waals surface area contributed by atoms with Crippen LogP contribution in [0.1, 0.15) is 29.9 Å². The highest BCUT2D eigenvalue weighted by Crippen LogP contribution is 2.23. The van der Waals surface area contributed by atoms with Crippen LogP contribution < -0.4 is 5.32 Å². The van der Waals surface area contributed by atoms with Crippen molar-refractivity contribution in [2.24, 2.45) is 0 Å². The number of nitrogens with one attached hydrogen (secondary N) is 1. The minimum atomic E-state index is -0.0856. The summed E-state index contributed by atoms with van der Waals surface area (Å²) in [4.78, 5) is 15.0. The first-order valence-electron chi connectivity index (χ1n) is 8.94. The van der Waals surface area contributed by atoms with E-state index in [1.165, 1.54) is 0 Å². The average Bonchev–Trinajstić information content (AvgIpc) is 3.23. The zero-order valence-electron chi connectivity index (χ0n) is 15.2. The summed E-state index contributed by atoms with van der Waals surface area (Å²) in [7, 11) is 0. The number of carbonyl (C=O) groups is 1. The van der Waals surface area contributed by atoms with Gasteiger partial charge in [0.2, 0.25) is 0 Å². The molecule has 2 heterocycles. The van der Waals surface area contributed by atoms with Gasteiger partial charge in [0.05, 0.1) is 11.8 Å². The summed E-state index contributed by atoms with van der Waals surface area (Å²) in [6, 6.07) is 11.3. The second-order valence-corrected chi connectivity index (χ2v) is 6.63. The van der Waals surface area contributed by atoms with Gasteiger partial charge in [0, 0.05) is 36.8 Å². The van der Waals surface area contributed by atoms with Gasteiger partial charge in [-0.2, -0.15) is 0 Å². The minimum absolute atomic E-state index is 0.0856. The maximum absolute atomic E-state index is 12.7. The third-order valence-electron chi connectivity index (χ3n) is 4.62. The number of fused-ring (bicyclic) bond motifs is 1. The molecular weight excluding hydrogens is 350 g/mol. The summed E-state index contributed by atoms with van der Waals surface area (Å²) < 4.78 is 7.47. The Balaban J connectivity index is 1.78. The maximum Gasteiger partial charge on any atom is 0.268 e. The predicted molar refractivity (Wildman–Crippen MR) is 105 cm³/mol. The number of hydrogen-bond acceptors (Lipinski definition) is 3. The molecule has 138 valence electrons. The van der Waals surface area contributed by atoms with Crippen LogP contribution in [0.5, 0.6) is 0 Å². The van der Waals surface area contributed by atoms with Crippen LogP contribution in [0.3, 0.4) is 0 Å². The Morgan fingerprint density at radius 1 is 1.19 bits per heavy atom. The fourth-order valence-corrected chi connectivity index (χ4v) is 3.19. The Kier molecular flexibility index (Phi) is 6.01. The Labute approximate surface area is 158 Å². The van der Waals surface area contributed by atoms with E-state index in [0.29, 0.717) is 29.4 Å². The molecule has 1 N–H and O–H groups in total. The first-order chi connectivity index (χ1) is 12.6. The number of amides is 1. The number of nitrogens with zero attached hydrogens (tertiary/aromatic N) is 2. The molecule has 26 heavy (non-hydrogen) atoms. The van der Waals surface area contributed by atoms with Gasteiger partial charge < -0.3 is 19.2 Å². The zero-order chi connectivity index (χ0) is 18.5. The topological polar surface area (TPSA) is 50.4 Å². The largest absolute Gasteiger partial charge is 0.463 e. The van der Waals surface area contributed by atoms with Crippen LogP contribution in [0.25, 0.3) is 11.1 Å². The number of likely N-dealkylation sites (N-methyl/N-ethyl adjacent to an activating group) is 1. The van der Waals surface area contributed by atoms with Crippen LogP contribution in [0.4, 0.5) is 0 Å². The van der Waals surface area contributed by atoms with Crippen LogP contribution >= 0.6 is 11.6 Å². The number of rotatable bonds is 8. The number of furan rings is 1. The Bertz CT molecular complexity index is 863. The molecule has 5 nitrogen and oxygen atoms in total. The SMILES string of the molecule is CCN(CC)CCNC(=O)c1cc2occc2n1Cc1ccc(Cl)cc1. The second-order valence-electron chi connectivity index (χ2n) is 6.20. The number of benzene rings is 1. The molecule has 0 radical (unpaired) electrons. The van der Waals surface area contributed by atoms with Crippen LogP contribution in [-0.2, 0) is 6.54 Å². The molecule has 3 aromatic rings. The van der Waals surface area contributed by atoms with Crippen molar-refractivity contribution < 1.29 is 9.21 Å². The smallest absolute Gasteiger partial charge is 0.268 e. The molecule has 0 unspecified atom stereocenters. The highest BCUT2D eigenvalue weighted by atomic mass is 35.5. The molecule has 0 aliphatic heterocycles. The lowest BCUT2D eigenvalue weighted by atomic mass is 10.2. The molecule has 0 saturated heterocycles. The molecule has 1 aromatic carbocycles. The van der Waals surface area contributed by atoms with Gasteiger partial charge in [-0.3, -0.25) is 4.79 Å². The summed E-state index contributed by atoms with van der Waals surface area (Å²) in [6.45, 7) is 8.24. The van der Waals surface area contributed by atoms with Crippen molar-refractivity contribution in [1.82, 2.24) is 14.8 Å². The van der Waals surface area contributed by atoms with Crippen molar-refractivity contribution in [3.8, 4) is 0 Å². The quantitative estimate of drug-likeness (QED) is 0.649. The summed E-state index contributed by atoms with van der Waals surface area (Å²) in [5, 5.41) is 3.72. The molecule has 0 atom stereocenters. The molecule has 3 rings (SSSR count). The van der Waals surface area contributed by atoms with Crippen molar-refractivity contribution >= 4 is 28.6 Å². The van der Waals surface area contributed by atoms with E-state index in [2.05, 4.69) is 24.1 Å². The summed E-state index contributed by atoms with van der Waals surface area (Å²) in [5.74, 6) is -0.0856. The molecule has 0 saturated carbocycles. The van der Waals surface area contributed by atoms with Gasteiger partial charge in [0.25, 0.3) is 5.91 Å². The Hall–Kier alpha value is -2.24. The van der Waals surface area contributed by atoms with Gasteiger partial charge in [0.1, 0.15) is 5.69 Å². The molecule has 0 aliphatic carbocycles. The number of halogens is 1. The van der Waals surface area contributed by atoms with Crippen LogP contribution in [0.15, 0.2) is 47.1 Å². The molecule has 0 fully saturated rings. The Morgan fingerprint density at radius 2 is 1.92 bits per heavy atom. The highest BCUT2D eigenvalue weighted by molar-refractivity contribution is 6.30. The third kappa shape index (κ3) is 4.11. The molecular formula is C20H24ClN3O2. The second kappa shape index (κ2) is 8.43.